The number of amides is 2. The maximum Gasteiger partial charge on any atom is 0.242 e. The molecule has 0 unspecified atom stereocenters. The summed E-state index contributed by atoms with van der Waals surface area (Å²) < 4.78 is 13.3. The fourth-order valence-corrected chi connectivity index (χ4v) is 4.02. The first kappa shape index (κ1) is 22.0. The molecule has 3 rings (SSSR count). The monoisotopic (exact) mass is 410 g/mol. The van der Waals surface area contributed by atoms with Crippen LogP contribution >= 0.6 is 0 Å². The highest BCUT2D eigenvalue weighted by molar-refractivity contribution is 5.88. The highest BCUT2D eigenvalue weighted by atomic mass is 19.1. The second kappa shape index (κ2) is 9.88. The van der Waals surface area contributed by atoms with Crippen LogP contribution in [-0.2, 0) is 22.6 Å². The van der Waals surface area contributed by atoms with E-state index < -0.39 is 6.04 Å². The Morgan fingerprint density at radius 1 is 1.10 bits per heavy atom. The first-order valence-electron chi connectivity index (χ1n) is 10.7. The van der Waals surface area contributed by atoms with Crippen LogP contribution in [0.2, 0.25) is 0 Å². The molecule has 1 aliphatic rings. The topological polar surface area (TPSA) is 49.4 Å². The van der Waals surface area contributed by atoms with Gasteiger partial charge < -0.3 is 10.2 Å². The summed E-state index contributed by atoms with van der Waals surface area (Å²) in [6.07, 6.45) is 4.48. The number of halogens is 1. The summed E-state index contributed by atoms with van der Waals surface area (Å²) in [5.74, 6) is -0.556. The second-order valence-electron chi connectivity index (χ2n) is 8.42. The lowest BCUT2D eigenvalue weighted by Crippen LogP contribution is -2.50. The smallest absolute Gasteiger partial charge is 0.242 e. The van der Waals surface area contributed by atoms with Crippen molar-refractivity contribution in [3.63, 3.8) is 0 Å². The van der Waals surface area contributed by atoms with Crippen LogP contribution in [0, 0.1) is 19.7 Å². The molecule has 30 heavy (non-hydrogen) atoms. The molecule has 0 heterocycles. The molecular formula is C25H31FN2O2. The number of carbonyl (C=O) groups is 2. The van der Waals surface area contributed by atoms with Gasteiger partial charge in [-0.1, -0.05) is 48.7 Å². The maximum atomic E-state index is 13.3. The molecule has 160 valence electrons. The van der Waals surface area contributed by atoms with Gasteiger partial charge in [0.1, 0.15) is 11.9 Å². The lowest BCUT2D eigenvalue weighted by atomic mass is 10.0. The van der Waals surface area contributed by atoms with Gasteiger partial charge in [-0.2, -0.15) is 0 Å². The number of carbonyl (C=O) groups excluding carboxylic acids is 2. The van der Waals surface area contributed by atoms with Crippen molar-refractivity contribution in [3.05, 3.63) is 70.5 Å². The Hall–Kier alpha value is -2.69. The van der Waals surface area contributed by atoms with Crippen molar-refractivity contribution in [2.45, 2.75) is 71.5 Å². The molecule has 0 radical (unpaired) electrons. The van der Waals surface area contributed by atoms with Gasteiger partial charge in [-0.25, -0.2) is 4.39 Å². The summed E-state index contributed by atoms with van der Waals surface area (Å²) in [6, 6.07) is 11.7. The Kier molecular flexibility index (Phi) is 7.24. The van der Waals surface area contributed by atoms with Crippen molar-refractivity contribution >= 4 is 11.8 Å². The highest BCUT2D eigenvalue weighted by Crippen LogP contribution is 2.19. The summed E-state index contributed by atoms with van der Waals surface area (Å²) in [4.78, 5) is 27.8. The standard InChI is InChI=1S/C25H31FN2O2/c1-17-8-9-18(2)21(14-17)15-24(29)28(16-20-10-12-22(26)13-11-20)19(3)25(30)27-23-6-4-5-7-23/h8-14,19,23H,4-7,15-16H2,1-3H3,(H,27,30)/t19-/m1/s1. The van der Waals surface area contributed by atoms with Crippen LogP contribution in [0.1, 0.15) is 54.9 Å². The molecule has 1 fully saturated rings. The van der Waals surface area contributed by atoms with Gasteiger partial charge in [-0.3, -0.25) is 9.59 Å². The number of aryl methyl sites for hydroxylation is 2. The van der Waals surface area contributed by atoms with E-state index in [0.29, 0.717) is 0 Å². The first-order valence-corrected chi connectivity index (χ1v) is 10.7. The van der Waals surface area contributed by atoms with Crippen LogP contribution in [0.3, 0.4) is 0 Å². The lowest BCUT2D eigenvalue weighted by Gasteiger charge is -2.30. The molecule has 4 nitrogen and oxygen atoms in total. The zero-order chi connectivity index (χ0) is 21.7. The van der Waals surface area contributed by atoms with E-state index in [1.54, 1.807) is 24.0 Å². The quantitative estimate of drug-likeness (QED) is 0.733. The van der Waals surface area contributed by atoms with E-state index in [0.717, 1.165) is 47.9 Å². The molecule has 1 N–H and O–H groups in total. The Morgan fingerprint density at radius 2 is 1.77 bits per heavy atom. The van der Waals surface area contributed by atoms with Crippen molar-refractivity contribution in [2.24, 2.45) is 0 Å². The molecule has 0 saturated heterocycles. The van der Waals surface area contributed by atoms with Gasteiger partial charge in [-0.15, -0.1) is 0 Å². The number of benzene rings is 2. The molecule has 5 heteroatoms. The number of hydrogen-bond acceptors (Lipinski definition) is 2. The van der Waals surface area contributed by atoms with Crippen LogP contribution in [0.5, 0.6) is 0 Å². The summed E-state index contributed by atoms with van der Waals surface area (Å²) >= 11 is 0. The molecule has 2 aromatic carbocycles. The van der Waals surface area contributed by atoms with Gasteiger partial charge in [0, 0.05) is 12.6 Å². The van der Waals surface area contributed by atoms with Gasteiger partial charge >= 0.3 is 0 Å². The van der Waals surface area contributed by atoms with Crippen molar-refractivity contribution in [3.8, 4) is 0 Å². The van der Waals surface area contributed by atoms with Gasteiger partial charge in [0.2, 0.25) is 11.8 Å². The van der Waals surface area contributed by atoms with Crippen molar-refractivity contribution in [2.75, 3.05) is 0 Å². The molecule has 0 spiro atoms. The lowest BCUT2D eigenvalue weighted by molar-refractivity contribution is -0.140. The minimum atomic E-state index is -0.603. The third kappa shape index (κ3) is 5.68. The molecule has 1 atom stereocenters. The third-order valence-electron chi connectivity index (χ3n) is 5.98. The van der Waals surface area contributed by atoms with Gasteiger partial charge in [0.05, 0.1) is 6.42 Å². The predicted molar refractivity (Wildman–Crippen MR) is 116 cm³/mol. The SMILES string of the molecule is Cc1ccc(C)c(CC(=O)N(Cc2ccc(F)cc2)[C@H](C)C(=O)NC2CCCC2)c1. The van der Waals surface area contributed by atoms with Crippen LogP contribution in [-0.4, -0.2) is 28.8 Å². The molecule has 2 aromatic rings. The van der Waals surface area contributed by atoms with Crippen molar-refractivity contribution in [1.82, 2.24) is 10.2 Å². The van der Waals surface area contributed by atoms with Gasteiger partial charge in [-0.05, 0) is 62.4 Å². The van der Waals surface area contributed by atoms with Crippen molar-refractivity contribution < 1.29 is 14.0 Å². The van der Waals surface area contributed by atoms with E-state index in [1.807, 2.05) is 32.0 Å². The average molecular weight is 411 g/mol. The summed E-state index contributed by atoms with van der Waals surface area (Å²) in [5.41, 5.74) is 3.91. The van der Waals surface area contributed by atoms with Crippen LogP contribution in [0.15, 0.2) is 42.5 Å². The van der Waals surface area contributed by atoms with Crippen molar-refractivity contribution in [1.29, 1.82) is 0 Å². The van der Waals surface area contributed by atoms with E-state index in [4.69, 9.17) is 0 Å². The Bertz CT molecular complexity index is 889. The van der Waals surface area contributed by atoms with Crippen LogP contribution in [0.4, 0.5) is 4.39 Å². The highest BCUT2D eigenvalue weighted by Gasteiger charge is 2.28. The Labute approximate surface area is 178 Å². The molecule has 0 bridgehead atoms. The summed E-state index contributed by atoms with van der Waals surface area (Å²) in [5, 5.41) is 3.10. The predicted octanol–water partition coefficient (Wildman–Crippen LogP) is 4.46. The molecule has 0 aliphatic heterocycles. The Morgan fingerprint density at radius 3 is 2.43 bits per heavy atom. The molecule has 1 saturated carbocycles. The fraction of sp³-hybridized carbons (Fsp3) is 0.440. The number of rotatable bonds is 7. The van der Waals surface area contributed by atoms with Crippen LogP contribution < -0.4 is 5.32 Å². The molecule has 2 amide bonds. The molecular weight excluding hydrogens is 379 g/mol. The van der Waals surface area contributed by atoms with E-state index in [1.165, 1.54) is 12.1 Å². The largest absolute Gasteiger partial charge is 0.352 e. The summed E-state index contributed by atoms with van der Waals surface area (Å²) in [6.45, 7) is 6.03. The minimum absolute atomic E-state index is 0.109. The first-order chi connectivity index (χ1) is 14.3. The number of nitrogens with one attached hydrogen (secondary N) is 1. The molecule has 1 aliphatic carbocycles. The van der Waals surface area contributed by atoms with E-state index in [9.17, 15) is 14.0 Å². The second-order valence-corrected chi connectivity index (χ2v) is 8.42. The average Bonchev–Trinajstić information content (AvgIpc) is 3.22. The fourth-order valence-electron chi connectivity index (χ4n) is 4.02. The zero-order valence-electron chi connectivity index (χ0n) is 18.1. The van der Waals surface area contributed by atoms with E-state index in [2.05, 4.69) is 5.32 Å². The normalized spacial score (nSPS) is 15.1. The van der Waals surface area contributed by atoms with Gasteiger partial charge in [0.25, 0.3) is 0 Å². The maximum absolute atomic E-state index is 13.3. The summed E-state index contributed by atoms with van der Waals surface area (Å²) in [7, 11) is 0. The zero-order valence-corrected chi connectivity index (χ0v) is 18.1. The minimum Gasteiger partial charge on any atom is -0.352 e. The third-order valence-corrected chi connectivity index (χ3v) is 5.98. The number of nitrogens with zero attached hydrogens (tertiary/aromatic N) is 1. The van der Waals surface area contributed by atoms with E-state index in [-0.39, 0.29) is 36.6 Å². The van der Waals surface area contributed by atoms with E-state index >= 15 is 0 Å². The Balaban J connectivity index is 1.79. The van der Waals surface area contributed by atoms with Crippen LogP contribution in [0.25, 0.3) is 0 Å². The van der Waals surface area contributed by atoms with Gasteiger partial charge in [0.15, 0.2) is 0 Å². The number of hydrogen-bond donors (Lipinski definition) is 1. The molecule has 0 aromatic heterocycles.